The summed E-state index contributed by atoms with van der Waals surface area (Å²) in [6, 6.07) is 0. The van der Waals surface area contributed by atoms with Crippen LogP contribution in [0.3, 0.4) is 0 Å². The lowest BCUT2D eigenvalue weighted by molar-refractivity contribution is 0.263. The third-order valence-corrected chi connectivity index (χ3v) is 6.45. The van der Waals surface area contributed by atoms with Gasteiger partial charge >= 0.3 is 23.7 Å². The van der Waals surface area contributed by atoms with E-state index in [2.05, 4.69) is 14.7 Å². The number of hydrogen-bond donors (Lipinski definition) is 3. The molecule has 3 atom stereocenters. The first-order chi connectivity index (χ1) is 9.93. The molecule has 0 radical (unpaired) electrons. The normalized spacial score (nSPS) is 18.3. The fraction of sp³-hybridized carbons (Fsp3) is 0.636. The van der Waals surface area contributed by atoms with Gasteiger partial charge in [0, 0.05) is 4.57 Å². The zero-order valence-electron chi connectivity index (χ0n) is 12.7. The van der Waals surface area contributed by atoms with Gasteiger partial charge in [0.25, 0.3) is 0 Å². The monoisotopic (exact) mass is 375 g/mol. The Morgan fingerprint density at radius 1 is 1.14 bits per heavy atom. The summed E-state index contributed by atoms with van der Waals surface area (Å²) < 4.78 is 40.8. The highest BCUT2D eigenvalue weighted by Gasteiger charge is 2.41. The molecular weight excluding hydrogens is 353 g/mol. The standard InChI is InChI=1S/C11H21O8P3/c1-10(2)6-4-7-11(3)8-5-9-21(14,15)19-22(16,17)18-20(12)13/h6,8H,4-5,7,9H2,1-3H3,(H2-,12,13,14,15,16,17)/p+1/b11-8+. The second-order valence-corrected chi connectivity index (χ2v) is 9.33. The first-order valence-electron chi connectivity index (χ1n) is 6.44. The summed E-state index contributed by atoms with van der Waals surface area (Å²) in [6.45, 7) is 5.86. The maximum atomic E-state index is 11.6. The molecule has 0 fully saturated rings. The number of phosphoric acid groups is 1. The maximum Gasteiger partial charge on any atom is 0.705 e. The lowest BCUT2D eigenvalue weighted by Crippen LogP contribution is -1.94. The fourth-order valence-electron chi connectivity index (χ4n) is 1.47. The summed E-state index contributed by atoms with van der Waals surface area (Å²) in [7, 11) is -12.9. The van der Waals surface area contributed by atoms with E-state index >= 15 is 0 Å². The Labute approximate surface area is 131 Å². The predicted molar refractivity (Wildman–Crippen MR) is 83.6 cm³/mol. The van der Waals surface area contributed by atoms with Crippen LogP contribution in [0.25, 0.3) is 0 Å². The van der Waals surface area contributed by atoms with E-state index in [9.17, 15) is 18.6 Å². The van der Waals surface area contributed by atoms with Crippen molar-refractivity contribution < 1.29 is 37.0 Å². The van der Waals surface area contributed by atoms with Gasteiger partial charge in [-0.2, -0.15) is 0 Å². The van der Waals surface area contributed by atoms with Crippen molar-refractivity contribution in [1.82, 2.24) is 0 Å². The topological polar surface area (TPSA) is 130 Å². The molecule has 8 nitrogen and oxygen atoms in total. The molecule has 0 saturated heterocycles. The molecule has 0 rings (SSSR count). The Hall–Kier alpha value is -0.160. The Balaban J connectivity index is 4.38. The van der Waals surface area contributed by atoms with Crippen LogP contribution in [-0.4, -0.2) is 20.8 Å². The lowest BCUT2D eigenvalue weighted by Gasteiger charge is -2.11. The molecule has 0 saturated carbocycles. The minimum atomic E-state index is -5.04. The van der Waals surface area contributed by atoms with Gasteiger partial charge in [-0.05, 0) is 44.3 Å². The summed E-state index contributed by atoms with van der Waals surface area (Å²) >= 11 is 0. The quantitative estimate of drug-likeness (QED) is 0.385. The number of hydrogen-bond acceptors (Lipinski definition) is 5. The Morgan fingerprint density at radius 2 is 1.73 bits per heavy atom. The van der Waals surface area contributed by atoms with Gasteiger partial charge < -0.3 is 4.89 Å². The van der Waals surface area contributed by atoms with E-state index < -0.39 is 29.8 Å². The van der Waals surface area contributed by atoms with Gasteiger partial charge in [-0.25, -0.2) is 8.88 Å². The molecule has 0 heterocycles. The smallest absolute Gasteiger partial charge is 0.324 e. The van der Waals surface area contributed by atoms with Crippen LogP contribution in [0.1, 0.15) is 40.0 Å². The minimum absolute atomic E-state index is 0.166. The average molecular weight is 375 g/mol. The van der Waals surface area contributed by atoms with Gasteiger partial charge in [-0.3, -0.25) is 9.46 Å². The molecule has 0 aliphatic rings. The zero-order valence-corrected chi connectivity index (χ0v) is 15.4. The van der Waals surface area contributed by atoms with Crippen molar-refractivity contribution in [3.8, 4) is 0 Å². The third kappa shape index (κ3) is 12.4. The van der Waals surface area contributed by atoms with Crippen LogP contribution < -0.4 is 0 Å². The molecule has 11 heteroatoms. The van der Waals surface area contributed by atoms with E-state index in [1.165, 1.54) is 5.57 Å². The second kappa shape index (κ2) is 9.86. The summed E-state index contributed by atoms with van der Waals surface area (Å²) in [5.74, 6) is 0. The van der Waals surface area contributed by atoms with Crippen molar-refractivity contribution in [2.24, 2.45) is 0 Å². The molecule has 0 aliphatic heterocycles. The molecular formula is C11H22O8P3+. The molecule has 0 aromatic heterocycles. The molecule has 0 aromatic carbocycles. The molecule has 0 aromatic rings. The third-order valence-electron chi connectivity index (χ3n) is 2.40. The number of rotatable bonds is 10. The van der Waals surface area contributed by atoms with Crippen molar-refractivity contribution >= 4 is 23.7 Å². The van der Waals surface area contributed by atoms with Crippen LogP contribution in [-0.2, 0) is 22.3 Å². The van der Waals surface area contributed by atoms with Crippen LogP contribution in [0.15, 0.2) is 23.3 Å². The Kier molecular flexibility index (Phi) is 9.79. The molecule has 0 amide bonds. The van der Waals surface area contributed by atoms with Crippen LogP contribution in [0, 0.1) is 0 Å². The van der Waals surface area contributed by atoms with E-state index in [0.717, 1.165) is 18.4 Å². The van der Waals surface area contributed by atoms with Crippen LogP contribution in [0.5, 0.6) is 0 Å². The zero-order chi connectivity index (χ0) is 17.4. The van der Waals surface area contributed by atoms with E-state index in [4.69, 9.17) is 9.79 Å². The van der Waals surface area contributed by atoms with Gasteiger partial charge in [0.2, 0.25) is 0 Å². The molecule has 3 unspecified atom stereocenters. The second-order valence-electron chi connectivity index (χ2n) is 4.89. The van der Waals surface area contributed by atoms with Crippen LogP contribution in [0.4, 0.5) is 0 Å². The van der Waals surface area contributed by atoms with Crippen molar-refractivity contribution in [2.45, 2.75) is 40.0 Å². The molecule has 0 spiro atoms. The lowest BCUT2D eigenvalue weighted by atomic mass is 10.1. The van der Waals surface area contributed by atoms with E-state index in [1.54, 1.807) is 6.08 Å². The molecule has 3 N–H and O–H groups in total. The largest absolute Gasteiger partial charge is 0.705 e. The van der Waals surface area contributed by atoms with Gasteiger partial charge in [0.05, 0.1) is 6.16 Å². The summed E-state index contributed by atoms with van der Waals surface area (Å²) in [5, 5.41) is 0. The summed E-state index contributed by atoms with van der Waals surface area (Å²) in [6.07, 6.45) is 5.24. The van der Waals surface area contributed by atoms with Crippen LogP contribution >= 0.6 is 23.7 Å². The molecule has 22 heavy (non-hydrogen) atoms. The Bertz CT molecular complexity index is 535. The highest BCUT2D eigenvalue weighted by atomic mass is 31.3. The SMILES string of the molecule is CC(C)=CCC/C(C)=C/CCP(=O)(O)OP(=O)(O)O[P+](=O)O. The molecule has 128 valence electrons. The minimum Gasteiger partial charge on any atom is -0.324 e. The molecule has 0 aliphatic carbocycles. The van der Waals surface area contributed by atoms with Crippen molar-refractivity contribution in [3.05, 3.63) is 23.3 Å². The summed E-state index contributed by atoms with van der Waals surface area (Å²) in [4.78, 5) is 26.8. The molecule has 0 bridgehead atoms. The highest BCUT2D eigenvalue weighted by molar-refractivity contribution is 7.66. The number of allylic oxidation sites excluding steroid dienone is 4. The average Bonchev–Trinajstić information content (AvgIpc) is 2.23. The predicted octanol–water partition coefficient (Wildman–Crippen LogP) is 4.04. The van der Waals surface area contributed by atoms with E-state index in [-0.39, 0.29) is 6.42 Å². The van der Waals surface area contributed by atoms with Gasteiger partial charge in [0.15, 0.2) is 0 Å². The fourth-order valence-corrected chi connectivity index (χ4v) is 4.64. The van der Waals surface area contributed by atoms with Crippen molar-refractivity contribution in [3.63, 3.8) is 0 Å². The van der Waals surface area contributed by atoms with Crippen molar-refractivity contribution in [1.29, 1.82) is 0 Å². The first-order valence-corrected chi connectivity index (χ1v) is 10.8. The van der Waals surface area contributed by atoms with Crippen molar-refractivity contribution in [2.75, 3.05) is 6.16 Å². The van der Waals surface area contributed by atoms with E-state index in [0.29, 0.717) is 0 Å². The van der Waals surface area contributed by atoms with Gasteiger partial charge in [-0.1, -0.05) is 23.3 Å². The van der Waals surface area contributed by atoms with E-state index in [1.807, 2.05) is 20.8 Å². The first kappa shape index (κ1) is 21.8. The maximum absolute atomic E-state index is 11.6. The summed E-state index contributed by atoms with van der Waals surface area (Å²) in [5.41, 5.74) is 2.22. The van der Waals surface area contributed by atoms with Gasteiger partial charge in [0.1, 0.15) is 0 Å². The Morgan fingerprint density at radius 3 is 2.23 bits per heavy atom. The van der Waals surface area contributed by atoms with Gasteiger partial charge in [-0.15, -0.1) is 4.89 Å². The highest BCUT2D eigenvalue weighted by Crippen LogP contribution is 2.62. The van der Waals surface area contributed by atoms with Crippen LogP contribution in [0.2, 0.25) is 0 Å².